The van der Waals surface area contributed by atoms with Crippen molar-refractivity contribution in [3.63, 3.8) is 0 Å². The summed E-state index contributed by atoms with van der Waals surface area (Å²) in [5.41, 5.74) is 1.76. The zero-order valence-corrected chi connectivity index (χ0v) is 14.9. The van der Waals surface area contributed by atoms with Crippen LogP contribution in [0.2, 0.25) is 5.02 Å². The van der Waals surface area contributed by atoms with Crippen LogP contribution in [0.3, 0.4) is 0 Å². The summed E-state index contributed by atoms with van der Waals surface area (Å²) in [5, 5.41) is 8.88. The lowest BCUT2D eigenvalue weighted by molar-refractivity contribution is 0.0858. The highest BCUT2D eigenvalue weighted by Crippen LogP contribution is 2.15. The molecule has 1 fully saturated rings. The first-order chi connectivity index (χ1) is 12.6. The molecule has 1 unspecified atom stereocenters. The Morgan fingerprint density at radius 1 is 1.00 bits per heavy atom. The number of carbonyl (C=O) groups excluding carboxylic acids is 2. The van der Waals surface area contributed by atoms with Gasteiger partial charge in [-0.25, -0.2) is 4.79 Å². The highest BCUT2D eigenvalue weighted by Gasteiger charge is 2.16. The number of benzene rings is 2. The maximum Gasteiger partial charge on any atom is 0.323 e. The molecule has 26 heavy (non-hydrogen) atoms. The molecule has 1 saturated heterocycles. The second kappa shape index (κ2) is 8.69. The molecule has 1 atom stereocenters. The van der Waals surface area contributed by atoms with Crippen LogP contribution in [0.5, 0.6) is 0 Å². The van der Waals surface area contributed by atoms with Crippen LogP contribution in [-0.2, 0) is 4.74 Å². The largest absolute Gasteiger partial charge is 0.376 e. The van der Waals surface area contributed by atoms with E-state index in [4.69, 9.17) is 16.3 Å². The van der Waals surface area contributed by atoms with Crippen LogP contribution in [0.1, 0.15) is 23.2 Å². The van der Waals surface area contributed by atoms with Crippen molar-refractivity contribution in [2.45, 2.75) is 18.9 Å². The molecule has 0 saturated carbocycles. The molecule has 0 spiro atoms. The van der Waals surface area contributed by atoms with Gasteiger partial charge in [-0.15, -0.1) is 0 Å². The van der Waals surface area contributed by atoms with E-state index in [1.54, 1.807) is 48.5 Å². The van der Waals surface area contributed by atoms with Crippen molar-refractivity contribution in [1.29, 1.82) is 0 Å². The average molecular weight is 374 g/mol. The van der Waals surface area contributed by atoms with E-state index < -0.39 is 0 Å². The lowest BCUT2D eigenvalue weighted by Crippen LogP contribution is -2.31. The Hall–Kier alpha value is -2.57. The molecule has 2 aromatic carbocycles. The summed E-state index contributed by atoms with van der Waals surface area (Å²) in [6.45, 7) is 1.28. The van der Waals surface area contributed by atoms with Gasteiger partial charge in [-0.2, -0.15) is 0 Å². The molecule has 1 heterocycles. The average Bonchev–Trinajstić information content (AvgIpc) is 3.16. The normalized spacial score (nSPS) is 16.1. The second-order valence-corrected chi connectivity index (χ2v) is 6.44. The summed E-state index contributed by atoms with van der Waals surface area (Å²) in [6, 6.07) is 13.1. The number of amides is 3. The number of hydrogen-bond donors (Lipinski definition) is 3. The highest BCUT2D eigenvalue weighted by atomic mass is 35.5. The van der Waals surface area contributed by atoms with E-state index in [2.05, 4.69) is 16.0 Å². The molecule has 0 bridgehead atoms. The van der Waals surface area contributed by atoms with Gasteiger partial charge in [-0.1, -0.05) is 11.6 Å². The van der Waals surface area contributed by atoms with Crippen molar-refractivity contribution in [2.75, 3.05) is 23.8 Å². The number of urea groups is 1. The van der Waals surface area contributed by atoms with E-state index in [1.165, 1.54) is 0 Å². The fourth-order valence-corrected chi connectivity index (χ4v) is 2.77. The van der Waals surface area contributed by atoms with Crippen molar-refractivity contribution in [2.24, 2.45) is 0 Å². The Morgan fingerprint density at radius 3 is 2.19 bits per heavy atom. The second-order valence-electron chi connectivity index (χ2n) is 6.01. The van der Waals surface area contributed by atoms with Crippen LogP contribution in [-0.4, -0.2) is 31.2 Å². The molecular formula is C19H20ClN3O3. The Kier molecular flexibility index (Phi) is 6.09. The molecule has 3 N–H and O–H groups in total. The standard InChI is InChI=1S/C19H20ClN3O3/c20-14-5-9-16(10-6-14)23-19(25)22-15-7-3-13(4-8-15)18(24)21-12-17-2-1-11-26-17/h3-10,17H,1-2,11-12H2,(H,21,24)(H2,22,23,25). The van der Waals surface area contributed by atoms with E-state index >= 15 is 0 Å². The summed E-state index contributed by atoms with van der Waals surface area (Å²) in [7, 11) is 0. The molecular weight excluding hydrogens is 354 g/mol. The van der Waals surface area contributed by atoms with Crippen molar-refractivity contribution in [3.05, 3.63) is 59.1 Å². The zero-order valence-electron chi connectivity index (χ0n) is 14.1. The maximum absolute atomic E-state index is 12.1. The number of rotatable bonds is 5. The lowest BCUT2D eigenvalue weighted by atomic mass is 10.2. The first-order valence-corrected chi connectivity index (χ1v) is 8.81. The van der Waals surface area contributed by atoms with Gasteiger partial charge in [0.2, 0.25) is 0 Å². The molecule has 2 aromatic rings. The minimum Gasteiger partial charge on any atom is -0.376 e. The van der Waals surface area contributed by atoms with Crippen molar-refractivity contribution in [3.8, 4) is 0 Å². The Balaban J connectivity index is 1.49. The first kappa shape index (κ1) is 18.2. The maximum atomic E-state index is 12.1. The van der Waals surface area contributed by atoms with Crippen LogP contribution in [0.4, 0.5) is 16.2 Å². The number of nitrogens with one attached hydrogen (secondary N) is 3. The van der Waals surface area contributed by atoms with E-state index in [1.807, 2.05) is 0 Å². The minimum absolute atomic E-state index is 0.108. The van der Waals surface area contributed by atoms with Gasteiger partial charge in [-0.05, 0) is 61.4 Å². The van der Waals surface area contributed by atoms with Crippen LogP contribution in [0.15, 0.2) is 48.5 Å². The molecule has 7 heteroatoms. The van der Waals surface area contributed by atoms with Gasteiger partial charge in [0, 0.05) is 35.1 Å². The molecule has 6 nitrogen and oxygen atoms in total. The predicted octanol–water partition coefficient (Wildman–Crippen LogP) is 3.89. The molecule has 1 aliphatic heterocycles. The molecule has 136 valence electrons. The van der Waals surface area contributed by atoms with E-state index in [9.17, 15) is 9.59 Å². The zero-order chi connectivity index (χ0) is 18.4. The fourth-order valence-electron chi connectivity index (χ4n) is 2.65. The van der Waals surface area contributed by atoms with Crippen LogP contribution in [0, 0.1) is 0 Å². The topological polar surface area (TPSA) is 79.5 Å². The van der Waals surface area contributed by atoms with Crippen LogP contribution in [0.25, 0.3) is 0 Å². The van der Waals surface area contributed by atoms with Gasteiger partial charge in [0.15, 0.2) is 0 Å². The summed E-state index contributed by atoms with van der Waals surface area (Å²) in [6.07, 6.45) is 2.13. The predicted molar refractivity (Wildman–Crippen MR) is 102 cm³/mol. The van der Waals surface area contributed by atoms with E-state index in [0.29, 0.717) is 28.5 Å². The Bertz CT molecular complexity index is 757. The van der Waals surface area contributed by atoms with Gasteiger partial charge in [0.25, 0.3) is 5.91 Å². The third kappa shape index (κ3) is 5.21. The smallest absolute Gasteiger partial charge is 0.323 e. The first-order valence-electron chi connectivity index (χ1n) is 8.43. The summed E-state index contributed by atoms with van der Waals surface area (Å²) in [5.74, 6) is -0.155. The van der Waals surface area contributed by atoms with E-state index in [-0.39, 0.29) is 18.0 Å². The SMILES string of the molecule is O=C(Nc1ccc(Cl)cc1)Nc1ccc(C(=O)NCC2CCCO2)cc1. The summed E-state index contributed by atoms with van der Waals surface area (Å²) < 4.78 is 5.48. The van der Waals surface area contributed by atoms with Gasteiger partial charge in [0.05, 0.1) is 6.10 Å². The number of hydrogen-bond acceptors (Lipinski definition) is 3. The van der Waals surface area contributed by atoms with Crippen LogP contribution < -0.4 is 16.0 Å². The quantitative estimate of drug-likeness (QED) is 0.743. The fraction of sp³-hybridized carbons (Fsp3) is 0.263. The molecule has 0 radical (unpaired) electrons. The van der Waals surface area contributed by atoms with Crippen molar-refractivity contribution >= 4 is 34.9 Å². The third-order valence-electron chi connectivity index (χ3n) is 4.02. The van der Waals surface area contributed by atoms with Gasteiger partial charge >= 0.3 is 6.03 Å². The number of carbonyl (C=O) groups is 2. The van der Waals surface area contributed by atoms with Gasteiger partial charge < -0.3 is 20.7 Å². The Morgan fingerprint density at radius 2 is 1.62 bits per heavy atom. The van der Waals surface area contributed by atoms with Gasteiger partial charge in [-0.3, -0.25) is 4.79 Å². The highest BCUT2D eigenvalue weighted by molar-refractivity contribution is 6.30. The molecule has 3 rings (SSSR count). The third-order valence-corrected chi connectivity index (χ3v) is 4.27. The molecule has 1 aliphatic rings. The lowest BCUT2D eigenvalue weighted by Gasteiger charge is -2.11. The number of halogens is 1. The monoisotopic (exact) mass is 373 g/mol. The van der Waals surface area contributed by atoms with Gasteiger partial charge in [0.1, 0.15) is 0 Å². The Labute approximate surface area is 156 Å². The summed E-state index contributed by atoms with van der Waals surface area (Å²) >= 11 is 5.81. The molecule has 0 aliphatic carbocycles. The van der Waals surface area contributed by atoms with Crippen LogP contribution >= 0.6 is 11.6 Å². The molecule has 3 amide bonds. The minimum atomic E-state index is -0.372. The van der Waals surface area contributed by atoms with E-state index in [0.717, 1.165) is 19.4 Å². The van der Waals surface area contributed by atoms with Crippen molar-refractivity contribution < 1.29 is 14.3 Å². The van der Waals surface area contributed by atoms with Crippen molar-refractivity contribution in [1.82, 2.24) is 5.32 Å². The number of ether oxygens (including phenoxy) is 1. The molecule has 0 aromatic heterocycles. The number of anilines is 2. The summed E-state index contributed by atoms with van der Waals surface area (Å²) in [4.78, 5) is 24.1.